The van der Waals surface area contributed by atoms with Crippen molar-refractivity contribution < 1.29 is 27.5 Å². The lowest BCUT2D eigenvalue weighted by atomic mass is 9.96. The van der Waals surface area contributed by atoms with Crippen LogP contribution in [0.5, 0.6) is 0 Å². The van der Waals surface area contributed by atoms with E-state index in [2.05, 4.69) is 15.9 Å². The summed E-state index contributed by atoms with van der Waals surface area (Å²) >= 11 is 8.99. The van der Waals surface area contributed by atoms with Crippen LogP contribution in [0.2, 0.25) is 5.02 Å². The molecule has 1 saturated heterocycles. The minimum absolute atomic E-state index is 0.191. The number of alkyl halides is 3. The van der Waals surface area contributed by atoms with E-state index in [4.69, 9.17) is 16.3 Å². The van der Waals surface area contributed by atoms with Crippen molar-refractivity contribution in [3.05, 3.63) is 69.2 Å². The van der Waals surface area contributed by atoms with Crippen LogP contribution in [0.1, 0.15) is 17.2 Å². The Kier molecular flexibility index (Phi) is 6.00. The summed E-state index contributed by atoms with van der Waals surface area (Å²) in [5, 5.41) is 0.345. The normalized spacial score (nSPS) is 18.1. The lowest BCUT2D eigenvalue weighted by Gasteiger charge is -2.26. The number of halogens is 5. The highest BCUT2D eigenvalue weighted by Crippen LogP contribution is 2.37. The maximum absolute atomic E-state index is 13.7. The molecule has 1 aliphatic heterocycles. The SMILES string of the molecule is O=C1OC[C@@H](c2ccccc2)N1C(=O)C(Cc1ccc(Cl)cc1Br)C(F)(F)F. The van der Waals surface area contributed by atoms with E-state index in [0.717, 1.165) is 0 Å². The second kappa shape index (κ2) is 8.13. The predicted molar refractivity (Wildman–Crippen MR) is 99.8 cm³/mol. The lowest BCUT2D eigenvalue weighted by molar-refractivity contribution is -0.187. The Morgan fingerprint density at radius 3 is 2.54 bits per heavy atom. The van der Waals surface area contributed by atoms with Gasteiger partial charge in [0, 0.05) is 9.50 Å². The Bertz CT molecular complexity index is 892. The fraction of sp³-hybridized carbons (Fsp3) is 0.263. The zero-order chi connectivity index (χ0) is 20.5. The predicted octanol–water partition coefficient (Wildman–Crippen LogP) is 5.54. The van der Waals surface area contributed by atoms with Crippen molar-refractivity contribution >= 4 is 39.5 Å². The molecule has 2 aromatic rings. The van der Waals surface area contributed by atoms with Gasteiger partial charge in [-0.05, 0) is 29.7 Å². The molecule has 2 amide bonds. The molecule has 2 aromatic carbocycles. The Hall–Kier alpha value is -2.06. The highest BCUT2D eigenvalue weighted by atomic mass is 79.9. The molecule has 0 aliphatic carbocycles. The molecule has 1 unspecified atom stereocenters. The van der Waals surface area contributed by atoms with Gasteiger partial charge in [-0.1, -0.05) is 63.9 Å². The maximum atomic E-state index is 13.7. The first kappa shape index (κ1) is 20.7. The van der Waals surface area contributed by atoms with Gasteiger partial charge in [-0.2, -0.15) is 13.2 Å². The average molecular weight is 477 g/mol. The van der Waals surface area contributed by atoms with Crippen LogP contribution < -0.4 is 0 Å². The molecular formula is C19H14BrClF3NO3. The summed E-state index contributed by atoms with van der Waals surface area (Å²) in [5.74, 6) is -3.74. The number of hydrogen-bond donors (Lipinski definition) is 0. The third-order valence-corrected chi connectivity index (χ3v) is 5.40. The molecule has 0 N–H and O–H groups in total. The Labute approximate surface area is 172 Å². The van der Waals surface area contributed by atoms with Crippen LogP contribution in [0, 0.1) is 5.92 Å². The molecule has 9 heteroatoms. The first-order chi connectivity index (χ1) is 13.2. The number of benzene rings is 2. The highest BCUT2D eigenvalue weighted by molar-refractivity contribution is 9.10. The van der Waals surface area contributed by atoms with Crippen molar-refractivity contribution in [2.45, 2.75) is 18.6 Å². The molecule has 0 radical (unpaired) electrons. The minimum atomic E-state index is -4.85. The van der Waals surface area contributed by atoms with Crippen molar-refractivity contribution in [1.82, 2.24) is 4.90 Å². The summed E-state index contributed by atoms with van der Waals surface area (Å²) in [6, 6.07) is 11.7. The van der Waals surface area contributed by atoms with E-state index in [9.17, 15) is 22.8 Å². The first-order valence-electron chi connectivity index (χ1n) is 8.24. The molecule has 1 fully saturated rings. The van der Waals surface area contributed by atoms with Crippen molar-refractivity contribution in [3.63, 3.8) is 0 Å². The quantitative estimate of drug-likeness (QED) is 0.582. The van der Waals surface area contributed by atoms with Crippen molar-refractivity contribution in [1.29, 1.82) is 0 Å². The van der Waals surface area contributed by atoms with Gasteiger partial charge in [0.15, 0.2) is 0 Å². The minimum Gasteiger partial charge on any atom is -0.446 e. The molecular weight excluding hydrogens is 463 g/mol. The van der Waals surface area contributed by atoms with Gasteiger partial charge in [-0.3, -0.25) is 4.79 Å². The molecule has 0 saturated carbocycles. The number of hydrogen-bond acceptors (Lipinski definition) is 3. The summed E-state index contributed by atoms with van der Waals surface area (Å²) in [6.45, 7) is -0.191. The number of carbonyl (C=O) groups is 2. The van der Waals surface area contributed by atoms with Gasteiger partial charge in [0.25, 0.3) is 0 Å². The van der Waals surface area contributed by atoms with Gasteiger partial charge in [0.1, 0.15) is 18.6 Å². The van der Waals surface area contributed by atoms with Crippen LogP contribution in [0.15, 0.2) is 53.0 Å². The van der Waals surface area contributed by atoms with E-state index in [1.54, 1.807) is 30.3 Å². The largest absolute Gasteiger partial charge is 0.446 e. The van der Waals surface area contributed by atoms with E-state index in [0.29, 0.717) is 20.0 Å². The highest BCUT2D eigenvalue weighted by Gasteiger charge is 2.51. The van der Waals surface area contributed by atoms with Crippen LogP contribution in [0.25, 0.3) is 0 Å². The van der Waals surface area contributed by atoms with E-state index in [1.165, 1.54) is 18.2 Å². The number of carbonyl (C=O) groups excluding carboxylic acids is 2. The van der Waals surface area contributed by atoms with Crippen molar-refractivity contribution in [3.8, 4) is 0 Å². The van der Waals surface area contributed by atoms with Gasteiger partial charge >= 0.3 is 12.3 Å². The Morgan fingerprint density at radius 1 is 1.25 bits per heavy atom. The molecule has 28 heavy (non-hydrogen) atoms. The molecule has 1 heterocycles. The number of cyclic esters (lactones) is 1. The van der Waals surface area contributed by atoms with Crippen molar-refractivity contribution in [2.24, 2.45) is 5.92 Å². The molecule has 2 atom stereocenters. The van der Waals surface area contributed by atoms with Gasteiger partial charge in [0.05, 0.1) is 0 Å². The van der Waals surface area contributed by atoms with Gasteiger partial charge in [-0.25, -0.2) is 9.69 Å². The standard InChI is InChI=1S/C19H14BrClF3NO3/c20-15-9-13(21)7-6-12(15)8-14(19(22,23)24)17(26)25-16(10-28-18(25)27)11-4-2-1-3-5-11/h1-7,9,14,16H,8,10H2/t14?,16-/m0/s1. The summed E-state index contributed by atoms with van der Waals surface area (Å²) in [4.78, 5) is 25.5. The van der Waals surface area contributed by atoms with Crippen molar-refractivity contribution in [2.75, 3.05) is 6.61 Å². The summed E-state index contributed by atoms with van der Waals surface area (Å²) in [6.07, 6.45) is -6.56. The van der Waals surface area contributed by atoms with E-state index >= 15 is 0 Å². The smallest absolute Gasteiger partial charge is 0.417 e. The fourth-order valence-corrected chi connectivity index (χ4v) is 3.85. The van der Waals surface area contributed by atoms with Gasteiger partial charge in [-0.15, -0.1) is 0 Å². The molecule has 0 spiro atoms. The molecule has 148 valence electrons. The zero-order valence-electron chi connectivity index (χ0n) is 14.2. The Balaban J connectivity index is 1.93. The monoisotopic (exact) mass is 475 g/mol. The number of imide groups is 1. The van der Waals surface area contributed by atoms with Gasteiger partial charge < -0.3 is 4.74 Å². The maximum Gasteiger partial charge on any atom is 0.417 e. The summed E-state index contributed by atoms with van der Waals surface area (Å²) < 4.78 is 46.4. The van der Waals surface area contributed by atoms with E-state index in [1.807, 2.05) is 0 Å². The average Bonchev–Trinajstić information content (AvgIpc) is 3.02. The van der Waals surface area contributed by atoms with Crippen LogP contribution in [-0.2, 0) is 16.0 Å². The van der Waals surface area contributed by atoms with Crippen LogP contribution in [0.4, 0.5) is 18.0 Å². The van der Waals surface area contributed by atoms with Crippen LogP contribution in [-0.4, -0.2) is 29.7 Å². The molecule has 4 nitrogen and oxygen atoms in total. The van der Waals surface area contributed by atoms with Crippen LogP contribution in [0.3, 0.4) is 0 Å². The Morgan fingerprint density at radius 2 is 1.93 bits per heavy atom. The molecule has 0 bridgehead atoms. The third-order valence-electron chi connectivity index (χ3n) is 4.43. The van der Waals surface area contributed by atoms with Gasteiger partial charge in [0.2, 0.25) is 5.91 Å². The molecule has 0 aromatic heterocycles. The topological polar surface area (TPSA) is 46.6 Å². The third kappa shape index (κ3) is 4.33. The number of rotatable bonds is 4. The lowest BCUT2D eigenvalue weighted by Crippen LogP contribution is -2.45. The number of nitrogens with zero attached hydrogens (tertiary/aromatic N) is 1. The first-order valence-corrected chi connectivity index (χ1v) is 9.41. The molecule has 1 aliphatic rings. The number of ether oxygens (including phenoxy) is 1. The second-order valence-corrected chi connectivity index (χ2v) is 7.54. The van der Waals surface area contributed by atoms with Crippen LogP contribution >= 0.6 is 27.5 Å². The summed E-state index contributed by atoms with van der Waals surface area (Å²) in [7, 11) is 0. The summed E-state index contributed by atoms with van der Waals surface area (Å²) in [5.41, 5.74) is 0.777. The fourth-order valence-electron chi connectivity index (χ4n) is 3.00. The second-order valence-electron chi connectivity index (χ2n) is 6.25. The van der Waals surface area contributed by atoms with E-state index in [-0.39, 0.29) is 12.2 Å². The zero-order valence-corrected chi connectivity index (χ0v) is 16.6. The van der Waals surface area contributed by atoms with E-state index < -0.39 is 36.6 Å². The number of amides is 2. The molecule has 3 rings (SSSR count).